The van der Waals surface area contributed by atoms with Crippen LogP contribution < -0.4 is 10.6 Å². The van der Waals surface area contributed by atoms with Gasteiger partial charge in [0.25, 0.3) is 0 Å². The Hall–Kier alpha value is -2.45. The molecular formula is C29H41N3O5. The summed E-state index contributed by atoms with van der Waals surface area (Å²) in [7, 11) is 0. The van der Waals surface area contributed by atoms with Gasteiger partial charge in [-0.3, -0.25) is 14.4 Å². The Morgan fingerprint density at radius 2 is 1.81 bits per heavy atom. The van der Waals surface area contributed by atoms with E-state index in [1.165, 1.54) is 6.42 Å². The van der Waals surface area contributed by atoms with Gasteiger partial charge in [-0.05, 0) is 57.1 Å². The zero-order valence-corrected chi connectivity index (χ0v) is 22.2. The summed E-state index contributed by atoms with van der Waals surface area (Å²) >= 11 is 0. The first kappa shape index (κ1) is 26.2. The van der Waals surface area contributed by atoms with E-state index in [2.05, 4.69) is 10.6 Å². The summed E-state index contributed by atoms with van der Waals surface area (Å²) in [5.41, 5.74) is -1.25. The van der Waals surface area contributed by atoms with Crippen LogP contribution in [0, 0.1) is 17.8 Å². The molecule has 4 fully saturated rings. The molecule has 1 spiro atoms. The van der Waals surface area contributed by atoms with E-state index in [1.807, 2.05) is 51.1 Å². The molecule has 3 heterocycles. The zero-order valence-electron chi connectivity index (χ0n) is 22.2. The Labute approximate surface area is 219 Å². The second-order valence-corrected chi connectivity index (χ2v) is 12.1. The molecule has 3 amide bonds. The number of anilines is 1. The van der Waals surface area contributed by atoms with Crippen LogP contribution >= 0.6 is 0 Å². The lowest BCUT2D eigenvalue weighted by atomic mass is 9.66. The van der Waals surface area contributed by atoms with Crippen LogP contribution in [-0.2, 0) is 19.1 Å². The number of carbonyl (C=O) groups is 3. The molecule has 8 nitrogen and oxygen atoms in total. The van der Waals surface area contributed by atoms with Gasteiger partial charge < -0.3 is 25.4 Å². The van der Waals surface area contributed by atoms with E-state index in [-0.39, 0.29) is 36.3 Å². The maximum absolute atomic E-state index is 14.2. The molecule has 2 unspecified atom stereocenters. The van der Waals surface area contributed by atoms with E-state index in [9.17, 15) is 19.5 Å². The SMILES string of the molecule is CC(C)C[C@H](CO)N1C(=O)[C@@H]2[C@@H](C(=O)Nc3ccccc3)[C@@]3(C)CCC2(O3)C1C(=O)NC1CCCCC1. The minimum absolute atomic E-state index is 0.0812. The van der Waals surface area contributed by atoms with Gasteiger partial charge in [-0.2, -0.15) is 0 Å². The Morgan fingerprint density at radius 1 is 1.11 bits per heavy atom. The van der Waals surface area contributed by atoms with Crippen molar-refractivity contribution in [3.63, 3.8) is 0 Å². The van der Waals surface area contributed by atoms with Crippen molar-refractivity contribution in [3.05, 3.63) is 30.3 Å². The van der Waals surface area contributed by atoms with Crippen LogP contribution in [0.3, 0.4) is 0 Å². The number of rotatable bonds is 8. The minimum atomic E-state index is -1.08. The van der Waals surface area contributed by atoms with Crippen molar-refractivity contribution in [2.45, 2.75) is 101 Å². The third-order valence-electron chi connectivity index (χ3n) is 9.09. The van der Waals surface area contributed by atoms with E-state index in [4.69, 9.17) is 4.74 Å². The molecule has 202 valence electrons. The van der Waals surface area contributed by atoms with E-state index in [0.717, 1.165) is 25.7 Å². The highest BCUT2D eigenvalue weighted by Gasteiger charge is 2.78. The molecule has 1 aliphatic carbocycles. The average molecular weight is 512 g/mol. The van der Waals surface area contributed by atoms with Crippen molar-refractivity contribution >= 4 is 23.4 Å². The number of benzene rings is 1. The number of amides is 3. The summed E-state index contributed by atoms with van der Waals surface area (Å²) in [5.74, 6) is -1.98. The van der Waals surface area contributed by atoms with Gasteiger partial charge in [-0.1, -0.05) is 51.3 Å². The smallest absolute Gasteiger partial charge is 0.246 e. The Morgan fingerprint density at radius 3 is 2.46 bits per heavy atom. The van der Waals surface area contributed by atoms with Gasteiger partial charge in [-0.25, -0.2) is 0 Å². The van der Waals surface area contributed by atoms with Crippen molar-refractivity contribution in [1.82, 2.24) is 10.2 Å². The minimum Gasteiger partial charge on any atom is -0.394 e. The third-order valence-corrected chi connectivity index (χ3v) is 9.09. The van der Waals surface area contributed by atoms with Gasteiger partial charge >= 0.3 is 0 Å². The summed E-state index contributed by atoms with van der Waals surface area (Å²) < 4.78 is 6.70. The molecule has 4 aliphatic rings. The van der Waals surface area contributed by atoms with E-state index >= 15 is 0 Å². The summed E-state index contributed by atoms with van der Waals surface area (Å²) in [6.45, 7) is 5.75. The first-order chi connectivity index (χ1) is 17.7. The molecule has 3 aliphatic heterocycles. The monoisotopic (exact) mass is 511 g/mol. The van der Waals surface area contributed by atoms with E-state index < -0.39 is 35.1 Å². The maximum Gasteiger partial charge on any atom is 0.246 e. The maximum atomic E-state index is 14.2. The lowest BCUT2D eigenvalue weighted by Gasteiger charge is -2.38. The van der Waals surface area contributed by atoms with Crippen molar-refractivity contribution in [2.24, 2.45) is 17.8 Å². The fourth-order valence-electron chi connectivity index (χ4n) is 7.55. The van der Waals surface area contributed by atoms with Crippen LogP contribution in [0.2, 0.25) is 0 Å². The molecule has 0 aromatic heterocycles. The number of likely N-dealkylation sites (tertiary alicyclic amines) is 1. The molecule has 1 aromatic rings. The molecule has 1 aromatic carbocycles. The molecule has 1 saturated carbocycles. The lowest BCUT2D eigenvalue weighted by Crippen LogP contribution is -2.59. The summed E-state index contributed by atoms with van der Waals surface area (Å²) in [5, 5.41) is 16.6. The first-order valence-corrected chi connectivity index (χ1v) is 14.0. The lowest BCUT2D eigenvalue weighted by molar-refractivity contribution is -0.149. The summed E-state index contributed by atoms with van der Waals surface area (Å²) in [6, 6.07) is 7.92. The number of carbonyl (C=O) groups excluding carboxylic acids is 3. The van der Waals surface area contributed by atoms with Crippen molar-refractivity contribution in [2.75, 3.05) is 11.9 Å². The Bertz CT molecular complexity index is 1030. The average Bonchev–Trinajstić information content (AvgIpc) is 3.44. The normalized spacial score (nSPS) is 34.0. The first-order valence-electron chi connectivity index (χ1n) is 14.0. The van der Waals surface area contributed by atoms with Crippen molar-refractivity contribution in [3.8, 4) is 0 Å². The van der Waals surface area contributed by atoms with Gasteiger partial charge in [0.2, 0.25) is 17.7 Å². The standard InChI is InChI=1S/C29H41N3O5/c1-18(2)16-21(17-33)32-24(26(35)31-20-12-8-5-9-13-20)29-15-14-28(3,37-29)22(23(29)27(32)36)25(34)30-19-10-6-4-7-11-19/h4,6-7,10-11,18,20-24,33H,5,8-9,12-17H2,1-3H3,(H,30,34)(H,31,35)/t21-,22+,23+,24?,28-,29?/m1/s1. The van der Waals surface area contributed by atoms with Gasteiger partial charge in [0.15, 0.2) is 0 Å². The molecule has 3 saturated heterocycles. The van der Waals surface area contributed by atoms with Gasteiger partial charge in [-0.15, -0.1) is 0 Å². The van der Waals surface area contributed by atoms with Crippen LogP contribution in [0.15, 0.2) is 30.3 Å². The number of nitrogens with one attached hydrogen (secondary N) is 2. The second-order valence-electron chi connectivity index (χ2n) is 12.1. The number of ether oxygens (including phenoxy) is 1. The fraction of sp³-hybridized carbons (Fsp3) is 0.690. The molecule has 6 atom stereocenters. The highest BCUT2D eigenvalue weighted by atomic mass is 16.5. The van der Waals surface area contributed by atoms with Gasteiger partial charge in [0, 0.05) is 11.7 Å². The number of para-hydroxylation sites is 1. The third kappa shape index (κ3) is 4.46. The second kappa shape index (κ2) is 10.0. The number of aliphatic hydroxyl groups is 1. The highest BCUT2D eigenvalue weighted by Crippen LogP contribution is 2.63. The quantitative estimate of drug-likeness (QED) is 0.497. The van der Waals surface area contributed by atoms with Crippen LogP contribution in [0.25, 0.3) is 0 Å². The number of fused-ring (bicyclic) bond motifs is 1. The van der Waals surface area contributed by atoms with Gasteiger partial charge in [0.05, 0.1) is 30.1 Å². The molecule has 2 bridgehead atoms. The molecule has 0 radical (unpaired) electrons. The molecule has 37 heavy (non-hydrogen) atoms. The molecular weight excluding hydrogens is 470 g/mol. The predicted octanol–water partition coefficient (Wildman–Crippen LogP) is 3.25. The molecule has 8 heteroatoms. The molecule has 5 rings (SSSR count). The zero-order chi connectivity index (χ0) is 26.4. The Kier molecular flexibility index (Phi) is 7.09. The topological polar surface area (TPSA) is 108 Å². The predicted molar refractivity (Wildman–Crippen MR) is 139 cm³/mol. The molecule has 3 N–H and O–H groups in total. The fourth-order valence-corrected chi connectivity index (χ4v) is 7.55. The van der Waals surface area contributed by atoms with Crippen LogP contribution in [0.1, 0.15) is 72.1 Å². The number of nitrogens with zero attached hydrogens (tertiary/aromatic N) is 1. The summed E-state index contributed by atoms with van der Waals surface area (Å²) in [4.78, 5) is 43.5. The number of aliphatic hydroxyl groups excluding tert-OH is 1. The van der Waals surface area contributed by atoms with Crippen molar-refractivity contribution < 1.29 is 24.2 Å². The van der Waals surface area contributed by atoms with E-state index in [1.54, 1.807) is 4.90 Å². The van der Waals surface area contributed by atoms with Crippen LogP contribution in [0.5, 0.6) is 0 Å². The summed E-state index contributed by atoms with van der Waals surface area (Å²) in [6.07, 6.45) is 6.89. The van der Waals surface area contributed by atoms with Crippen molar-refractivity contribution in [1.29, 1.82) is 0 Å². The number of hydrogen-bond acceptors (Lipinski definition) is 5. The highest BCUT2D eigenvalue weighted by molar-refractivity contribution is 6.02. The largest absolute Gasteiger partial charge is 0.394 e. The number of hydrogen-bond donors (Lipinski definition) is 3. The van der Waals surface area contributed by atoms with E-state index in [0.29, 0.717) is 24.9 Å². The van der Waals surface area contributed by atoms with Crippen LogP contribution in [0.4, 0.5) is 5.69 Å². The van der Waals surface area contributed by atoms with Gasteiger partial charge in [0.1, 0.15) is 11.6 Å². The van der Waals surface area contributed by atoms with Crippen LogP contribution in [-0.4, -0.2) is 63.7 Å². The Balaban J connectivity index is 1.51.